The maximum absolute atomic E-state index is 11.8. The fraction of sp³-hybridized carbons (Fsp3) is 0.152. The van der Waals surface area contributed by atoms with Crippen molar-refractivity contribution >= 4 is 23.6 Å². The minimum Gasteiger partial charge on any atom is -0.317 e. The zero-order chi connectivity index (χ0) is 35.3. The highest BCUT2D eigenvalue weighted by Crippen LogP contribution is 2.08. The van der Waals surface area contributed by atoms with Crippen LogP contribution in [0.15, 0.2) is 121 Å². The van der Waals surface area contributed by atoms with Crippen LogP contribution in [0.3, 0.4) is 0 Å². The van der Waals surface area contributed by atoms with Crippen LogP contribution in [-0.2, 0) is 0 Å². The van der Waals surface area contributed by atoms with E-state index in [1.807, 2.05) is 0 Å². The smallest absolute Gasteiger partial charge is 0.284 e. The SMILES string of the molecule is CCCCNO.CNO.O=C(NO)c1ccccc1.O=C(NO)c1ccccc1.O=C(c1ccccc1)N(O)C(=O)c1ccccc1. The molecule has 0 aliphatic heterocycles. The Labute approximate surface area is 272 Å². The van der Waals surface area contributed by atoms with Gasteiger partial charge in [-0.1, -0.05) is 86.1 Å². The van der Waals surface area contributed by atoms with Crippen molar-refractivity contribution in [3.63, 3.8) is 0 Å². The van der Waals surface area contributed by atoms with Gasteiger partial charge in [-0.25, -0.2) is 21.9 Å². The number of benzene rings is 4. The maximum Gasteiger partial charge on any atom is 0.284 e. The molecule has 0 aromatic heterocycles. The molecule has 0 unspecified atom stereocenters. The first-order valence-electron chi connectivity index (χ1n) is 14.1. The minimum absolute atomic E-state index is 0.130. The Bertz CT molecular complexity index is 1290. The summed E-state index contributed by atoms with van der Waals surface area (Å²) in [5, 5.41) is 41.4. The lowest BCUT2D eigenvalue weighted by atomic mass is 10.2. The van der Waals surface area contributed by atoms with E-state index in [1.165, 1.54) is 31.3 Å². The topological polar surface area (TPSA) is 221 Å². The van der Waals surface area contributed by atoms with E-state index in [0.29, 0.717) is 11.1 Å². The second-order valence-corrected chi connectivity index (χ2v) is 8.75. The quantitative estimate of drug-likeness (QED) is 0.0592. The molecule has 0 heterocycles. The van der Waals surface area contributed by atoms with Gasteiger partial charge in [-0.05, 0) is 55.0 Å². The molecule has 4 amide bonds. The summed E-state index contributed by atoms with van der Waals surface area (Å²) in [4.78, 5) is 44.9. The fourth-order valence-electron chi connectivity index (χ4n) is 3.06. The molecule has 252 valence electrons. The van der Waals surface area contributed by atoms with Crippen LogP contribution in [0.4, 0.5) is 0 Å². The van der Waals surface area contributed by atoms with E-state index in [2.05, 4.69) is 12.4 Å². The van der Waals surface area contributed by atoms with Crippen LogP contribution < -0.4 is 21.9 Å². The van der Waals surface area contributed by atoms with Gasteiger partial charge in [0.15, 0.2) is 0 Å². The number of rotatable bonds is 7. The molecule has 0 saturated carbocycles. The zero-order valence-electron chi connectivity index (χ0n) is 26.0. The Morgan fingerprint density at radius 1 is 0.553 bits per heavy atom. The first kappa shape index (κ1) is 41.7. The molecule has 4 aromatic rings. The lowest BCUT2D eigenvalue weighted by Crippen LogP contribution is -2.33. The first-order chi connectivity index (χ1) is 22.7. The third-order valence-corrected chi connectivity index (χ3v) is 5.34. The number of nitrogens with one attached hydrogen (secondary N) is 4. The van der Waals surface area contributed by atoms with Crippen LogP contribution in [0.5, 0.6) is 0 Å². The van der Waals surface area contributed by atoms with Gasteiger partial charge in [0.2, 0.25) is 0 Å². The average molecular weight is 652 g/mol. The van der Waals surface area contributed by atoms with Gasteiger partial charge >= 0.3 is 0 Å². The highest BCUT2D eigenvalue weighted by Gasteiger charge is 2.21. The lowest BCUT2D eigenvalue weighted by molar-refractivity contribution is -0.0371. The van der Waals surface area contributed by atoms with Crippen molar-refractivity contribution in [3.05, 3.63) is 144 Å². The summed E-state index contributed by atoms with van der Waals surface area (Å²) in [6.45, 7) is 2.80. The molecule has 0 bridgehead atoms. The van der Waals surface area contributed by atoms with Gasteiger partial charge in [-0.15, -0.1) is 5.06 Å². The molecular formula is C33H41N5O9. The molecule has 0 fully saturated rings. The van der Waals surface area contributed by atoms with Crippen molar-refractivity contribution in [2.24, 2.45) is 0 Å². The van der Waals surface area contributed by atoms with E-state index in [9.17, 15) is 24.4 Å². The molecule has 4 aromatic carbocycles. The maximum atomic E-state index is 11.8. The van der Waals surface area contributed by atoms with Crippen LogP contribution in [-0.4, -0.2) is 68.3 Å². The molecule has 0 saturated heterocycles. The average Bonchev–Trinajstić information content (AvgIpc) is 3.15. The van der Waals surface area contributed by atoms with Gasteiger partial charge < -0.3 is 10.4 Å². The van der Waals surface area contributed by atoms with Crippen molar-refractivity contribution in [2.45, 2.75) is 19.8 Å². The normalized spacial score (nSPS) is 9.09. The Kier molecular flexibility index (Phi) is 24.0. The number of hydrogen-bond donors (Lipinski definition) is 9. The molecule has 0 aliphatic rings. The number of carbonyl (C=O) groups excluding carboxylic acids is 4. The van der Waals surface area contributed by atoms with Crippen LogP contribution >= 0.6 is 0 Å². The van der Waals surface area contributed by atoms with Crippen molar-refractivity contribution in [3.8, 4) is 0 Å². The van der Waals surface area contributed by atoms with E-state index in [0.717, 1.165) is 19.4 Å². The van der Waals surface area contributed by atoms with Crippen molar-refractivity contribution < 1.29 is 45.2 Å². The Morgan fingerprint density at radius 3 is 1.04 bits per heavy atom. The number of imide groups is 1. The van der Waals surface area contributed by atoms with Gasteiger partial charge in [-0.3, -0.25) is 34.8 Å². The van der Waals surface area contributed by atoms with Gasteiger partial charge in [0.05, 0.1) is 0 Å². The largest absolute Gasteiger partial charge is 0.317 e. The monoisotopic (exact) mass is 651 g/mol. The second kappa shape index (κ2) is 27.0. The first-order valence-corrected chi connectivity index (χ1v) is 14.1. The predicted octanol–water partition coefficient (Wildman–Crippen LogP) is 4.33. The Balaban J connectivity index is 0.000000627. The Morgan fingerprint density at radius 2 is 0.830 bits per heavy atom. The summed E-state index contributed by atoms with van der Waals surface area (Å²) in [7, 11) is 1.43. The summed E-state index contributed by atoms with van der Waals surface area (Å²) < 4.78 is 0. The molecule has 0 radical (unpaired) electrons. The second-order valence-electron chi connectivity index (χ2n) is 8.75. The molecule has 9 N–H and O–H groups in total. The van der Waals surface area contributed by atoms with Crippen molar-refractivity contribution in [1.29, 1.82) is 0 Å². The summed E-state index contributed by atoms with van der Waals surface area (Å²) in [5.74, 6) is -2.46. The molecule has 0 atom stereocenters. The van der Waals surface area contributed by atoms with E-state index in [4.69, 9.17) is 20.8 Å². The molecule has 47 heavy (non-hydrogen) atoms. The highest BCUT2D eigenvalue weighted by atomic mass is 16.5. The minimum atomic E-state index is -0.746. The summed E-state index contributed by atoms with van der Waals surface area (Å²) in [5.41, 5.74) is 8.31. The standard InChI is InChI=1S/C14H11NO3.2C7H7NO2.C4H11NO.CH5NO/c16-13(11-7-3-1-4-8-11)15(18)14(17)12-9-5-2-6-10-12;2*9-7(8-10)6-4-2-1-3-5-6;1-2-3-4-5-6;1-2-3/h1-10,18H;2*1-5,10H,(H,8,9);5-6H,2-4H2,1H3;2-3H,1H3. The number of nitrogens with zero attached hydrogens (tertiary/aromatic N) is 1. The van der Waals surface area contributed by atoms with E-state index < -0.39 is 23.6 Å². The van der Waals surface area contributed by atoms with E-state index in [1.54, 1.807) is 114 Å². The van der Waals surface area contributed by atoms with Gasteiger partial charge in [0.25, 0.3) is 23.6 Å². The third-order valence-electron chi connectivity index (χ3n) is 5.34. The lowest BCUT2D eigenvalue weighted by Gasteiger charge is -2.12. The number of carbonyl (C=O) groups is 4. The van der Waals surface area contributed by atoms with Crippen molar-refractivity contribution in [1.82, 2.24) is 27.0 Å². The van der Waals surface area contributed by atoms with Crippen molar-refractivity contribution in [2.75, 3.05) is 13.6 Å². The number of hydroxylamine groups is 6. The molecule has 14 nitrogen and oxygen atoms in total. The van der Waals surface area contributed by atoms with Crippen LogP contribution in [0.25, 0.3) is 0 Å². The molecule has 0 spiro atoms. The van der Waals surface area contributed by atoms with Crippen LogP contribution in [0.1, 0.15) is 61.2 Å². The van der Waals surface area contributed by atoms with E-state index in [-0.39, 0.29) is 16.2 Å². The van der Waals surface area contributed by atoms with Crippen LogP contribution in [0, 0.1) is 0 Å². The molecular weight excluding hydrogens is 610 g/mol. The third kappa shape index (κ3) is 18.3. The number of hydrogen-bond acceptors (Lipinski definition) is 11. The predicted molar refractivity (Wildman–Crippen MR) is 172 cm³/mol. The molecule has 14 heteroatoms. The summed E-state index contributed by atoms with van der Waals surface area (Å²) >= 11 is 0. The highest BCUT2D eigenvalue weighted by molar-refractivity contribution is 6.09. The number of amides is 4. The molecule has 4 rings (SSSR count). The Hall–Kier alpha value is -5.32. The van der Waals surface area contributed by atoms with Gasteiger partial charge in [0, 0.05) is 35.8 Å². The fourth-order valence-corrected chi connectivity index (χ4v) is 3.06. The van der Waals surface area contributed by atoms with Crippen LogP contribution in [0.2, 0.25) is 0 Å². The summed E-state index contributed by atoms with van der Waals surface area (Å²) in [6, 6.07) is 33.2. The van der Waals surface area contributed by atoms with Gasteiger partial charge in [0.1, 0.15) is 0 Å². The zero-order valence-corrected chi connectivity index (χ0v) is 26.0. The van der Waals surface area contributed by atoms with E-state index >= 15 is 0 Å². The van der Waals surface area contributed by atoms with Gasteiger partial charge in [-0.2, -0.15) is 0 Å². The molecule has 0 aliphatic carbocycles. The summed E-state index contributed by atoms with van der Waals surface area (Å²) in [6.07, 6.45) is 2.18. The number of unbranched alkanes of at least 4 members (excludes halogenated alkanes) is 1.